The van der Waals surface area contributed by atoms with Crippen LogP contribution in [-0.2, 0) is 4.74 Å². The van der Waals surface area contributed by atoms with E-state index in [1.807, 2.05) is 0 Å². The largest absolute Gasteiger partial charge is 0.490 e. The average Bonchev–Trinajstić information content (AvgIpc) is 3.09. The number of benzene rings is 1. The second kappa shape index (κ2) is 4.50. The molecule has 17 heavy (non-hydrogen) atoms. The molecular weight excluding hydrogens is 226 g/mol. The number of hydrogen-bond acceptors (Lipinski definition) is 5. The number of epoxide rings is 1. The van der Waals surface area contributed by atoms with Crippen molar-refractivity contribution >= 4 is 11.5 Å². The van der Waals surface area contributed by atoms with Crippen LogP contribution < -0.4 is 4.74 Å². The zero-order valence-electron chi connectivity index (χ0n) is 9.21. The van der Waals surface area contributed by atoms with Crippen molar-refractivity contribution < 1.29 is 19.2 Å². The van der Waals surface area contributed by atoms with Crippen molar-refractivity contribution in [1.29, 1.82) is 0 Å². The fourth-order valence-corrected chi connectivity index (χ4v) is 1.38. The summed E-state index contributed by atoms with van der Waals surface area (Å²) in [6.45, 7) is 2.36. The molecule has 1 fully saturated rings. The molecule has 1 aromatic rings. The molecule has 1 saturated heterocycles. The van der Waals surface area contributed by atoms with E-state index in [1.54, 1.807) is 0 Å². The Balaban J connectivity index is 2.23. The van der Waals surface area contributed by atoms with E-state index >= 15 is 0 Å². The van der Waals surface area contributed by atoms with Crippen molar-refractivity contribution in [3.05, 3.63) is 33.9 Å². The summed E-state index contributed by atoms with van der Waals surface area (Å²) in [7, 11) is 0. The maximum atomic E-state index is 11.4. The second-order valence-corrected chi connectivity index (χ2v) is 3.76. The third kappa shape index (κ3) is 2.79. The summed E-state index contributed by atoms with van der Waals surface area (Å²) in [4.78, 5) is 21.4. The number of ether oxygens (including phenoxy) is 2. The maximum absolute atomic E-state index is 11.4. The van der Waals surface area contributed by atoms with E-state index in [-0.39, 0.29) is 23.1 Å². The smallest absolute Gasteiger partial charge is 0.270 e. The number of hydrogen-bond donors (Lipinski definition) is 0. The van der Waals surface area contributed by atoms with E-state index in [9.17, 15) is 14.9 Å². The van der Waals surface area contributed by atoms with Gasteiger partial charge in [0.05, 0.1) is 17.1 Å². The van der Waals surface area contributed by atoms with Crippen LogP contribution in [0.1, 0.15) is 17.3 Å². The number of non-ortho nitro benzene ring substituents is 1. The van der Waals surface area contributed by atoms with Crippen LogP contribution in [0.15, 0.2) is 18.2 Å². The topological polar surface area (TPSA) is 82.0 Å². The van der Waals surface area contributed by atoms with E-state index < -0.39 is 4.92 Å². The molecule has 90 valence electrons. The van der Waals surface area contributed by atoms with Crippen molar-refractivity contribution in [1.82, 2.24) is 0 Å². The minimum atomic E-state index is -0.541. The highest BCUT2D eigenvalue weighted by atomic mass is 16.6. The third-order valence-electron chi connectivity index (χ3n) is 2.38. The lowest BCUT2D eigenvalue weighted by atomic mass is 10.1. The summed E-state index contributed by atoms with van der Waals surface area (Å²) in [5.74, 6) is 0.0963. The molecule has 1 aliphatic rings. The second-order valence-electron chi connectivity index (χ2n) is 3.76. The maximum Gasteiger partial charge on any atom is 0.270 e. The van der Waals surface area contributed by atoms with Gasteiger partial charge in [0.2, 0.25) is 0 Å². The lowest BCUT2D eigenvalue weighted by Crippen LogP contribution is -2.07. The van der Waals surface area contributed by atoms with E-state index in [1.165, 1.54) is 25.1 Å². The van der Waals surface area contributed by atoms with Crippen molar-refractivity contribution in [3.63, 3.8) is 0 Å². The predicted octanol–water partition coefficient (Wildman–Crippen LogP) is 1.58. The quantitative estimate of drug-likeness (QED) is 0.336. The highest BCUT2D eigenvalue weighted by Gasteiger charge is 2.24. The molecule has 0 saturated carbocycles. The predicted molar refractivity (Wildman–Crippen MR) is 58.3 cm³/mol. The van der Waals surface area contributed by atoms with Gasteiger partial charge in [0.15, 0.2) is 5.78 Å². The molecule has 0 radical (unpaired) electrons. The Bertz CT molecular complexity index is 467. The Morgan fingerprint density at radius 2 is 2.35 bits per heavy atom. The minimum absolute atomic E-state index is 0.0741. The number of Topliss-reactive ketones (excluding diaryl/α,β-unsaturated/α-hetero) is 1. The molecule has 2 rings (SSSR count). The van der Waals surface area contributed by atoms with Crippen molar-refractivity contribution in [2.45, 2.75) is 13.0 Å². The molecule has 0 N–H and O–H groups in total. The first-order chi connectivity index (χ1) is 8.08. The van der Waals surface area contributed by atoms with E-state index in [0.717, 1.165) is 0 Å². The SMILES string of the molecule is CC(=O)c1cc([N+](=O)[O-])ccc1OCC1CO1. The molecular formula is C11H11NO5. The first kappa shape index (κ1) is 11.5. The number of ketones is 1. The first-order valence-corrected chi connectivity index (χ1v) is 5.11. The molecule has 1 aliphatic heterocycles. The zero-order chi connectivity index (χ0) is 12.4. The number of carbonyl (C=O) groups is 1. The third-order valence-corrected chi connectivity index (χ3v) is 2.38. The highest BCUT2D eigenvalue weighted by Crippen LogP contribution is 2.25. The van der Waals surface area contributed by atoms with Gasteiger partial charge in [0, 0.05) is 12.1 Å². The van der Waals surface area contributed by atoms with E-state index in [2.05, 4.69) is 0 Å². The van der Waals surface area contributed by atoms with Gasteiger partial charge in [-0.05, 0) is 13.0 Å². The molecule has 0 amide bonds. The van der Waals surface area contributed by atoms with Gasteiger partial charge < -0.3 is 9.47 Å². The van der Waals surface area contributed by atoms with Gasteiger partial charge >= 0.3 is 0 Å². The van der Waals surface area contributed by atoms with Gasteiger partial charge in [0.25, 0.3) is 5.69 Å². The Morgan fingerprint density at radius 1 is 1.65 bits per heavy atom. The van der Waals surface area contributed by atoms with Crippen LogP contribution in [-0.4, -0.2) is 30.0 Å². The van der Waals surface area contributed by atoms with Crippen molar-refractivity contribution in [3.8, 4) is 5.75 Å². The summed E-state index contributed by atoms with van der Waals surface area (Å²) >= 11 is 0. The number of nitrogens with zero attached hydrogens (tertiary/aromatic N) is 1. The Morgan fingerprint density at radius 3 is 2.88 bits per heavy atom. The summed E-state index contributed by atoms with van der Waals surface area (Å²) in [5, 5.41) is 10.6. The molecule has 6 heteroatoms. The number of nitro benzene ring substituents is 1. The van der Waals surface area contributed by atoms with Crippen LogP contribution in [0.3, 0.4) is 0 Å². The van der Waals surface area contributed by atoms with Gasteiger partial charge in [-0.25, -0.2) is 0 Å². The average molecular weight is 237 g/mol. The van der Waals surface area contributed by atoms with Crippen LogP contribution in [0, 0.1) is 10.1 Å². The summed E-state index contributed by atoms with van der Waals surface area (Å²) in [6, 6.07) is 3.98. The Kier molecular flexibility index (Phi) is 3.06. The molecule has 0 aliphatic carbocycles. The first-order valence-electron chi connectivity index (χ1n) is 5.11. The van der Waals surface area contributed by atoms with Gasteiger partial charge in [-0.3, -0.25) is 14.9 Å². The zero-order valence-corrected chi connectivity index (χ0v) is 9.21. The lowest BCUT2D eigenvalue weighted by Gasteiger charge is -2.08. The van der Waals surface area contributed by atoms with E-state index in [4.69, 9.17) is 9.47 Å². The molecule has 1 aromatic carbocycles. The van der Waals surface area contributed by atoms with Gasteiger partial charge in [-0.15, -0.1) is 0 Å². The summed E-state index contributed by atoms with van der Waals surface area (Å²) < 4.78 is 10.4. The highest BCUT2D eigenvalue weighted by molar-refractivity contribution is 5.97. The Hall–Kier alpha value is -1.95. The van der Waals surface area contributed by atoms with Crippen LogP contribution >= 0.6 is 0 Å². The van der Waals surface area contributed by atoms with Gasteiger partial charge in [-0.1, -0.05) is 0 Å². The fraction of sp³-hybridized carbons (Fsp3) is 0.364. The van der Waals surface area contributed by atoms with Crippen molar-refractivity contribution in [2.24, 2.45) is 0 Å². The molecule has 6 nitrogen and oxygen atoms in total. The molecule has 1 unspecified atom stereocenters. The number of carbonyl (C=O) groups excluding carboxylic acids is 1. The van der Waals surface area contributed by atoms with Crippen LogP contribution in [0.25, 0.3) is 0 Å². The molecule has 1 heterocycles. The monoisotopic (exact) mass is 237 g/mol. The van der Waals surface area contributed by atoms with Crippen LogP contribution in [0.4, 0.5) is 5.69 Å². The van der Waals surface area contributed by atoms with E-state index in [0.29, 0.717) is 19.0 Å². The fourth-order valence-electron chi connectivity index (χ4n) is 1.38. The molecule has 1 atom stereocenters. The lowest BCUT2D eigenvalue weighted by molar-refractivity contribution is -0.384. The molecule has 0 bridgehead atoms. The standard InChI is InChI=1S/C11H11NO5/c1-7(13)10-4-8(12(14)15)2-3-11(10)17-6-9-5-16-9/h2-4,9H,5-6H2,1H3. The van der Waals surface area contributed by atoms with Crippen LogP contribution in [0.5, 0.6) is 5.75 Å². The Labute approximate surface area is 97.3 Å². The number of nitro groups is 1. The number of rotatable bonds is 5. The van der Waals surface area contributed by atoms with Crippen molar-refractivity contribution in [2.75, 3.05) is 13.2 Å². The summed E-state index contributed by atoms with van der Waals surface area (Å²) in [6.07, 6.45) is 0.0741. The summed E-state index contributed by atoms with van der Waals surface area (Å²) in [5.41, 5.74) is 0.102. The molecule has 0 spiro atoms. The van der Waals surface area contributed by atoms with Crippen LogP contribution in [0.2, 0.25) is 0 Å². The minimum Gasteiger partial charge on any atom is -0.490 e. The van der Waals surface area contributed by atoms with Gasteiger partial charge in [-0.2, -0.15) is 0 Å². The normalized spacial score (nSPS) is 17.6. The van der Waals surface area contributed by atoms with Gasteiger partial charge in [0.1, 0.15) is 18.5 Å². The molecule has 0 aromatic heterocycles.